The lowest BCUT2D eigenvalue weighted by Crippen LogP contribution is -2.35. The molecular weight excluding hydrogens is 148 g/mol. The number of rotatable bonds is 2. The molecule has 12 heavy (non-hydrogen) atoms. The number of hydrogen-bond acceptors (Lipinski definition) is 1. The van der Waals surface area contributed by atoms with Crippen molar-refractivity contribution in [2.24, 2.45) is 11.3 Å². The minimum atomic E-state index is -0.0297. The molecule has 1 nitrogen and oxygen atoms in total. The van der Waals surface area contributed by atoms with E-state index in [1.54, 1.807) is 0 Å². The van der Waals surface area contributed by atoms with Gasteiger partial charge < -0.3 is 0 Å². The van der Waals surface area contributed by atoms with Gasteiger partial charge in [0.25, 0.3) is 0 Å². The number of carbonyl (C=O) groups is 1. The van der Waals surface area contributed by atoms with Gasteiger partial charge in [0.2, 0.25) is 0 Å². The summed E-state index contributed by atoms with van der Waals surface area (Å²) < 4.78 is 0. The number of ketones is 1. The van der Waals surface area contributed by atoms with Gasteiger partial charge in [-0.1, -0.05) is 33.6 Å². The highest BCUT2D eigenvalue weighted by Crippen LogP contribution is 2.36. The first kappa shape index (κ1) is 9.76. The Bertz CT molecular complexity index is 168. The zero-order chi connectivity index (χ0) is 9.19. The van der Waals surface area contributed by atoms with Crippen LogP contribution < -0.4 is 0 Å². The molecule has 1 saturated carbocycles. The first-order valence-corrected chi connectivity index (χ1v) is 5.12. The predicted octanol–water partition coefficient (Wildman–Crippen LogP) is 3.18. The van der Waals surface area contributed by atoms with Gasteiger partial charge in [0.05, 0.1) is 0 Å². The van der Waals surface area contributed by atoms with Crippen molar-refractivity contribution in [1.29, 1.82) is 0 Å². The molecule has 0 unspecified atom stereocenters. The Morgan fingerprint density at radius 2 is 2.17 bits per heavy atom. The second-order valence-corrected chi connectivity index (χ2v) is 4.63. The van der Waals surface area contributed by atoms with Gasteiger partial charge in [0.15, 0.2) is 0 Å². The molecule has 0 amide bonds. The van der Waals surface area contributed by atoms with Gasteiger partial charge >= 0.3 is 0 Å². The van der Waals surface area contributed by atoms with Gasteiger partial charge in [-0.3, -0.25) is 4.79 Å². The molecule has 0 aromatic carbocycles. The standard InChI is InChI=1S/C11H20O/c1-4-6-9-7-5-8-11(2,3)10(9)12/h9H,4-8H2,1-3H3/t9-/m1/s1. The van der Waals surface area contributed by atoms with E-state index in [9.17, 15) is 4.79 Å². The van der Waals surface area contributed by atoms with Crippen LogP contribution in [0.2, 0.25) is 0 Å². The number of Topliss-reactive ketones (excluding diaryl/α,β-unsaturated/α-hetero) is 1. The van der Waals surface area contributed by atoms with Crippen molar-refractivity contribution in [3.05, 3.63) is 0 Å². The third kappa shape index (κ3) is 1.88. The highest BCUT2D eigenvalue weighted by Gasteiger charge is 2.36. The van der Waals surface area contributed by atoms with E-state index in [0.29, 0.717) is 11.7 Å². The smallest absolute Gasteiger partial charge is 0.141 e. The Balaban J connectivity index is 2.60. The third-order valence-electron chi connectivity index (χ3n) is 3.03. The molecule has 1 aliphatic carbocycles. The van der Waals surface area contributed by atoms with Crippen LogP contribution in [0.25, 0.3) is 0 Å². The molecule has 0 radical (unpaired) electrons. The molecular formula is C11H20O. The molecule has 1 fully saturated rings. The average molecular weight is 168 g/mol. The van der Waals surface area contributed by atoms with E-state index in [4.69, 9.17) is 0 Å². The second kappa shape index (κ2) is 3.59. The summed E-state index contributed by atoms with van der Waals surface area (Å²) in [6.45, 7) is 6.35. The molecule has 1 aliphatic rings. The Kier molecular flexibility index (Phi) is 2.92. The van der Waals surface area contributed by atoms with Crippen LogP contribution in [0, 0.1) is 11.3 Å². The summed E-state index contributed by atoms with van der Waals surface area (Å²) in [6, 6.07) is 0. The van der Waals surface area contributed by atoms with E-state index < -0.39 is 0 Å². The lowest BCUT2D eigenvalue weighted by atomic mass is 9.70. The summed E-state index contributed by atoms with van der Waals surface area (Å²) in [5.74, 6) is 0.884. The normalized spacial score (nSPS) is 28.9. The monoisotopic (exact) mass is 168 g/mol. The van der Waals surface area contributed by atoms with Crippen LogP contribution in [0.3, 0.4) is 0 Å². The minimum absolute atomic E-state index is 0.0297. The topological polar surface area (TPSA) is 17.1 Å². The summed E-state index contributed by atoms with van der Waals surface area (Å²) in [7, 11) is 0. The molecule has 0 aromatic heterocycles. The van der Waals surface area contributed by atoms with Crippen LogP contribution in [0.4, 0.5) is 0 Å². The zero-order valence-corrected chi connectivity index (χ0v) is 8.52. The quantitative estimate of drug-likeness (QED) is 0.619. The van der Waals surface area contributed by atoms with E-state index in [1.165, 1.54) is 6.42 Å². The second-order valence-electron chi connectivity index (χ2n) is 4.63. The minimum Gasteiger partial charge on any atom is -0.299 e. The van der Waals surface area contributed by atoms with Crippen molar-refractivity contribution in [3.8, 4) is 0 Å². The summed E-state index contributed by atoms with van der Waals surface area (Å²) in [5, 5.41) is 0. The Morgan fingerprint density at radius 1 is 1.50 bits per heavy atom. The largest absolute Gasteiger partial charge is 0.299 e. The summed E-state index contributed by atoms with van der Waals surface area (Å²) in [6.07, 6.45) is 5.71. The zero-order valence-electron chi connectivity index (χ0n) is 8.52. The lowest BCUT2D eigenvalue weighted by molar-refractivity contribution is -0.134. The number of hydrogen-bond donors (Lipinski definition) is 0. The molecule has 0 spiro atoms. The van der Waals surface area contributed by atoms with E-state index in [2.05, 4.69) is 20.8 Å². The van der Waals surface area contributed by atoms with Crippen molar-refractivity contribution in [3.63, 3.8) is 0 Å². The fourth-order valence-electron chi connectivity index (χ4n) is 2.22. The van der Waals surface area contributed by atoms with Gasteiger partial charge in [-0.25, -0.2) is 0 Å². The van der Waals surface area contributed by atoms with Gasteiger partial charge in [-0.15, -0.1) is 0 Å². The molecule has 0 bridgehead atoms. The molecule has 1 rings (SSSR count). The van der Waals surface area contributed by atoms with Crippen LogP contribution in [-0.2, 0) is 4.79 Å². The van der Waals surface area contributed by atoms with Crippen molar-refractivity contribution in [1.82, 2.24) is 0 Å². The van der Waals surface area contributed by atoms with Crippen LogP contribution in [-0.4, -0.2) is 5.78 Å². The fraction of sp³-hybridized carbons (Fsp3) is 0.909. The first-order chi connectivity index (χ1) is 5.58. The SMILES string of the molecule is CCC[C@@H]1CCCC(C)(C)C1=O. The van der Waals surface area contributed by atoms with Crippen LogP contribution in [0.1, 0.15) is 52.9 Å². The number of carbonyl (C=O) groups excluding carboxylic acids is 1. The van der Waals surface area contributed by atoms with Crippen molar-refractivity contribution in [2.45, 2.75) is 52.9 Å². The van der Waals surface area contributed by atoms with Gasteiger partial charge in [-0.2, -0.15) is 0 Å². The van der Waals surface area contributed by atoms with Crippen molar-refractivity contribution in [2.75, 3.05) is 0 Å². The molecule has 1 atom stereocenters. The molecule has 70 valence electrons. The van der Waals surface area contributed by atoms with Crippen molar-refractivity contribution < 1.29 is 4.79 Å². The lowest BCUT2D eigenvalue weighted by Gasteiger charge is -2.33. The first-order valence-electron chi connectivity index (χ1n) is 5.12. The maximum absolute atomic E-state index is 11.8. The molecule has 0 N–H and O–H groups in total. The molecule has 0 heterocycles. The summed E-state index contributed by atoms with van der Waals surface area (Å²) in [4.78, 5) is 11.8. The molecule has 1 heteroatoms. The summed E-state index contributed by atoms with van der Waals surface area (Å²) in [5.41, 5.74) is -0.0297. The van der Waals surface area contributed by atoms with Crippen LogP contribution in [0.15, 0.2) is 0 Å². The average Bonchev–Trinajstić information content (AvgIpc) is 1.99. The van der Waals surface area contributed by atoms with E-state index in [0.717, 1.165) is 25.7 Å². The Hall–Kier alpha value is -0.330. The van der Waals surface area contributed by atoms with E-state index in [1.807, 2.05) is 0 Å². The molecule has 0 saturated heterocycles. The van der Waals surface area contributed by atoms with Gasteiger partial charge in [-0.05, 0) is 19.3 Å². The van der Waals surface area contributed by atoms with Gasteiger partial charge in [0.1, 0.15) is 5.78 Å². The van der Waals surface area contributed by atoms with Crippen LogP contribution >= 0.6 is 0 Å². The Labute approximate surface area is 75.5 Å². The Morgan fingerprint density at radius 3 is 2.75 bits per heavy atom. The van der Waals surface area contributed by atoms with E-state index >= 15 is 0 Å². The maximum Gasteiger partial charge on any atom is 0.141 e. The highest BCUT2D eigenvalue weighted by atomic mass is 16.1. The highest BCUT2D eigenvalue weighted by molar-refractivity contribution is 5.86. The van der Waals surface area contributed by atoms with E-state index in [-0.39, 0.29) is 5.41 Å². The predicted molar refractivity (Wildman–Crippen MR) is 51.0 cm³/mol. The van der Waals surface area contributed by atoms with Crippen molar-refractivity contribution >= 4 is 5.78 Å². The maximum atomic E-state index is 11.8. The van der Waals surface area contributed by atoms with Gasteiger partial charge in [0, 0.05) is 11.3 Å². The molecule has 0 aromatic rings. The molecule has 0 aliphatic heterocycles. The van der Waals surface area contributed by atoms with Crippen LogP contribution in [0.5, 0.6) is 0 Å². The fourth-order valence-corrected chi connectivity index (χ4v) is 2.22. The summed E-state index contributed by atoms with van der Waals surface area (Å²) >= 11 is 0. The third-order valence-corrected chi connectivity index (χ3v) is 3.03.